The number of benzene rings is 3. The van der Waals surface area contributed by atoms with E-state index in [-0.39, 0.29) is 41.8 Å². The van der Waals surface area contributed by atoms with Crippen LogP contribution in [0.3, 0.4) is 0 Å². The molecule has 328 valence electrons. The first-order chi connectivity index (χ1) is 30.4. The number of aromatic amines is 2. The Hall–Kier alpha value is -6.41. The molecule has 15 heteroatoms. The van der Waals surface area contributed by atoms with Crippen molar-refractivity contribution in [2.75, 3.05) is 20.8 Å². The number of methoxy groups -OCH3 is 2. The van der Waals surface area contributed by atoms with Gasteiger partial charge in [0.25, 0.3) is 5.91 Å². The highest BCUT2D eigenvalue weighted by Crippen LogP contribution is 2.51. The SMILES string of the molecule is C=C(/C=C\C=C/C)[C@@H](NC(=O)OC)C(=O)N1[C@@H]2CC[C@@H](C2)[C@H]1c1nc(-c2ccc(-c3ccc4c(ccc5[nH]c([C@@H]6CCCN6C(=O)[C@@H](NC(=O)OC)C(C)C)nc54)c3)cc2)c(Cl)[nH]1. The number of hydrogen-bond acceptors (Lipinski definition) is 8. The molecule has 5 aromatic rings. The van der Waals surface area contributed by atoms with E-state index in [4.69, 9.17) is 31.0 Å². The molecule has 3 aromatic carbocycles. The summed E-state index contributed by atoms with van der Waals surface area (Å²) in [6.45, 7) is 10.4. The molecule has 3 fully saturated rings. The lowest BCUT2D eigenvalue weighted by Gasteiger charge is -2.36. The van der Waals surface area contributed by atoms with Gasteiger partial charge in [-0.05, 0) is 85.1 Å². The number of hydrogen-bond donors (Lipinski definition) is 4. The van der Waals surface area contributed by atoms with E-state index in [1.165, 1.54) is 14.2 Å². The fraction of sp³-hybridized carbons (Fsp3) is 0.375. The molecule has 2 saturated heterocycles. The van der Waals surface area contributed by atoms with Gasteiger partial charge >= 0.3 is 12.2 Å². The number of halogens is 1. The minimum absolute atomic E-state index is 0.00400. The number of ether oxygens (including phenoxy) is 2. The number of H-pyrrole nitrogens is 2. The standard InChI is InChI=1S/C48H53ClN8O6/c1-7-8-9-11-27(4)38(54-48(61)63-6)46(59)57-33-20-17-32(25-33)41(57)44-51-39(42(49)55-44)29-15-13-28(14-16-29)30-18-21-34-31(24-30)19-22-35-40(34)52-43(50-35)36-12-10-23-56(36)45(58)37(26(2)3)53-47(60)62-5/h7-9,11,13-16,18-19,21-22,24,26,32-33,36-38,41H,4,10,12,17,20,23,25H2,1-3,5-6H3,(H,50,52)(H,51,55)(H,53,60)(H,54,61)/b8-7-,11-9-/t32-,33+,36-,37-,38+,41-/m0/s1. The molecular weight excluding hydrogens is 820 g/mol. The fourth-order valence-electron chi connectivity index (χ4n) is 9.56. The molecule has 2 bridgehead atoms. The number of amides is 4. The third-order valence-electron chi connectivity index (χ3n) is 12.7. The van der Waals surface area contributed by atoms with Crippen LogP contribution in [0.25, 0.3) is 44.2 Å². The van der Waals surface area contributed by atoms with Crippen LogP contribution in [0.15, 0.2) is 91.1 Å². The highest BCUT2D eigenvalue weighted by atomic mass is 35.5. The third kappa shape index (κ3) is 8.43. The Morgan fingerprint density at radius 2 is 1.60 bits per heavy atom. The zero-order valence-electron chi connectivity index (χ0n) is 36.1. The van der Waals surface area contributed by atoms with Crippen molar-refractivity contribution >= 4 is 57.4 Å². The predicted molar refractivity (Wildman–Crippen MR) is 243 cm³/mol. The van der Waals surface area contributed by atoms with Gasteiger partial charge in [-0.3, -0.25) is 9.59 Å². The Bertz CT molecular complexity index is 2630. The van der Waals surface area contributed by atoms with Crippen LogP contribution >= 0.6 is 11.6 Å². The molecule has 8 rings (SSSR count). The van der Waals surface area contributed by atoms with Crippen molar-refractivity contribution < 1.29 is 28.7 Å². The first-order valence-electron chi connectivity index (χ1n) is 21.5. The van der Waals surface area contributed by atoms with Gasteiger partial charge in [0.15, 0.2) is 0 Å². The number of nitrogens with one attached hydrogen (secondary N) is 4. The van der Waals surface area contributed by atoms with Crippen LogP contribution in [0.5, 0.6) is 0 Å². The Labute approximate surface area is 371 Å². The first kappa shape index (κ1) is 43.2. The highest BCUT2D eigenvalue weighted by molar-refractivity contribution is 6.32. The monoisotopic (exact) mass is 872 g/mol. The van der Waals surface area contributed by atoms with Gasteiger partial charge in [0.2, 0.25) is 5.91 Å². The lowest BCUT2D eigenvalue weighted by molar-refractivity contribution is -0.137. The second-order valence-electron chi connectivity index (χ2n) is 16.9. The number of imidazole rings is 2. The molecule has 1 saturated carbocycles. The quantitative estimate of drug-likeness (QED) is 0.0899. The molecular formula is C48H53ClN8O6. The normalized spacial score (nSPS) is 20.6. The molecule has 63 heavy (non-hydrogen) atoms. The summed E-state index contributed by atoms with van der Waals surface area (Å²) < 4.78 is 9.66. The lowest BCUT2D eigenvalue weighted by atomic mass is 9.96. The van der Waals surface area contributed by atoms with Crippen molar-refractivity contribution in [2.24, 2.45) is 11.8 Å². The topological polar surface area (TPSA) is 175 Å². The Balaban J connectivity index is 1.01. The number of allylic oxidation sites excluding steroid dienone is 3. The number of likely N-dealkylation sites (tertiary alicyclic amines) is 2. The van der Waals surface area contributed by atoms with Crippen LogP contribution in [0.2, 0.25) is 5.15 Å². The maximum absolute atomic E-state index is 14.3. The molecule has 4 N–H and O–H groups in total. The minimum Gasteiger partial charge on any atom is -0.453 e. The molecule has 0 unspecified atom stereocenters. The molecule has 0 radical (unpaired) electrons. The summed E-state index contributed by atoms with van der Waals surface area (Å²) in [7, 11) is 2.55. The van der Waals surface area contributed by atoms with E-state index in [1.807, 2.05) is 73.1 Å². The van der Waals surface area contributed by atoms with Crippen molar-refractivity contribution in [3.05, 3.63) is 108 Å². The van der Waals surface area contributed by atoms with Crippen molar-refractivity contribution in [2.45, 2.75) is 83.1 Å². The van der Waals surface area contributed by atoms with E-state index in [0.29, 0.717) is 28.8 Å². The molecule has 6 atom stereocenters. The summed E-state index contributed by atoms with van der Waals surface area (Å²) in [6.07, 6.45) is 10.1. The molecule has 1 aliphatic carbocycles. The van der Waals surface area contributed by atoms with Crippen LogP contribution < -0.4 is 10.6 Å². The molecule has 2 aliphatic heterocycles. The van der Waals surface area contributed by atoms with Gasteiger partial charge in [-0.1, -0.05) is 98.8 Å². The van der Waals surface area contributed by atoms with E-state index in [1.54, 1.807) is 12.2 Å². The van der Waals surface area contributed by atoms with Crippen LogP contribution in [-0.4, -0.2) is 92.6 Å². The van der Waals surface area contributed by atoms with Crippen molar-refractivity contribution in [3.63, 3.8) is 0 Å². The van der Waals surface area contributed by atoms with Crippen molar-refractivity contribution in [1.29, 1.82) is 0 Å². The van der Waals surface area contributed by atoms with Gasteiger partial charge in [-0.2, -0.15) is 0 Å². The van der Waals surface area contributed by atoms with E-state index >= 15 is 0 Å². The summed E-state index contributed by atoms with van der Waals surface area (Å²) in [5.74, 6) is 0.976. The van der Waals surface area contributed by atoms with Crippen LogP contribution in [0.1, 0.15) is 76.6 Å². The number of carbonyl (C=O) groups is 4. The number of carbonyl (C=O) groups excluding carboxylic acids is 4. The summed E-state index contributed by atoms with van der Waals surface area (Å²) in [5.41, 5.74) is 5.60. The van der Waals surface area contributed by atoms with Crippen LogP contribution in [0.4, 0.5) is 9.59 Å². The van der Waals surface area contributed by atoms with Gasteiger partial charge < -0.3 is 39.9 Å². The Kier molecular flexibility index (Phi) is 12.4. The lowest BCUT2D eigenvalue weighted by Crippen LogP contribution is -2.52. The molecule has 14 nitrogen and oxygen atoms in total. The van der Waals surface area contributed by atoms with Crippen molar-refractivity contribution in [3.8, 4) is 22.4 Å². The maximum atomic E-state index is 14.3. The Morgan fingerprint density at radius 3 is 2.33 bits per heavy atom. The molecule has 2 aromatic heterocycles. The van der Waals surface area contributed by atoms with Crippen LogP contribution in [-0.2, 0) is 19.1 Å². The maximum Gasteiger partial charge on any atom is 0.407 e. The first-order valence-corrected chi connectivity index (χ1v) is 21.9. The van der Waals surface area contributed by atoms with Gasteiger partial charge in [0.1, 0.15) is 34.6 Å². The van der Waals surface area contributed by atoms with Gasteiger partial charge in [0, 0.05) is 23.5 Å². The second kappa shape index (κ2) is 18.1. The largest absolute Gasteiger partial charge is 0.453 e. The minimum atomic E-state index is -1.02. The van der Waals surface area contributed by atoms with Gasteiger partial charge in [-0.25, -0.2) is 19.6 Å². The number of rotatable bonds is 12. The Morgan fingerprint density at radius 1 is 0.873 bits per heavy atom. The summed E-state index contributed by atoms with van der Waals surface area (Å²) in [6, 6.07) is 16.2. The van der Waals surface area contributed by atoms with E-state index in [2.05, 4.69) is 51.4 Å². The summed E-state index contributed by atoms with van der Waals surface area (Å²) in [5, 5.41) is 7.80. The average molecular weight is 873 g/mol. The molecule has 4 amide bonds. The van der Waals surface area contributed by atoms with E-state index in [9.17, 15) is 19.2 Å². The number of piperidine rings is 1. The zero-order chi connectivity index (χ0) is 44.5. The average Bonchev–Trinajstić information content (AvgIpc) is 4.15. The number of fused-ring (bicyclic) bond motifs is 5. The summed E-state index contributed by atoms with van der Waals surface area (Å²) >= 11 is 6.87. The predicted octanol–water partition coefficient (Wildman–Crippen LogP) is 8.94. The van der Waals surface area contributed by atoms with Crippen molar-refractivity contribution in [1.82, 2.24) is 40.4 Å². The summed E-state index contributed by atoms with van der Waals surface area (Å²) in [4.78, 5) is 73.0. The van der Waals surface area contributed by atoms with Gasteiger partial charge in [0.05, 0.1) is 37.3 Å². The molecule has 0 spiro atoms. The van der Waals surface area contributed by atoms with Crippen LogP contribution in [0, 0.1) is 11.8 Å². The number of alkyl carbamates (subject to hydrolysis) is 2. The molecule has 4 heterocycles. The van der Waals surface area contributed by atoms with E-state index < -0.39 is 24.3 Å². The molecule has 3 aliphatic rings. The third-order valence-corrected chi connectivity index (χ3v) is 13.0. The highest BCUT2D eigenvalue weighted by Gasteiger charge is 2.51. The number of nitrogens with zero attached hydrogens (tertiary/aromatic N) is 4. The fourth-order valence-corrected chi connectivity index (χ4v) is 9.80. The van der Waals surface area contributed by atoms with Gasteiger partial charge in [-0.15, -0.1) is 0 Å². The van der Waals surface area contributed by atoms with E-state index in [0.717, 1.165) is 76.4 Å². The number of aromatic nitrogens is 4. The zero-order valence-corrected chi connectivity index (χ0v) is 36.9. The second-order valence-corrected chi connectivity index (χ2v) is 17.3. The smallest absolute Gasteiger partial charge is 0.407 e.